The van der Waals surface area contributed by atoms with Gasteiger partial charge in [0.25, 0.3) is 5.91 Å². The molecule has 0 saturated carbocycles. The summed E-state index contributed by atoms with van der Waals surface area (Å²) in [6.07, 6.45) is 1.83. The number of amides is 1. The van der Waals surface area contributed by atoms with Crippen molar-refractivity contribution in [3.63, 3.8) is 0 Å². The number of carbonyl (C=O) groups excluding carboxylic acids is 1. The van der Waals surface area contributed by atoms with Gasteiger partial charge in [0.1, 0.15) is 0 Å². The Labute approximate surface area is 131 Å². The zero-order chi connectivity index (χ0) is 14.6. The number of carbonyl (C=O) groups is 1. The molecule has 1 aromatic carbocycles. The molecule has 1 fully saturated rings. The lowest BCUT2D eigenvalue weighted by molar-refractivity contribution is 0.0929. The maximum atomic E-state index is 12.0. The molecule has 3 N–H and O–H groups in total. The summed E-state index contributed by atoms with van der Waals surface area (Å²) in [5.41, 5.74) is 0.471. The van der Waals surface area contributed by atoms with Gasteiger partial charge in [-0.3, -0.25) is 4.79 Å². The summed E-state index contributed by atoms with van der Waals surface area (Å²) in [6.45, 7) is 1.81. The fourth-order valence-corrected chi connectivity index (χ4v) is 2.87. The zero-order valence-electron chi connectivity index (χ0n) is 11.8. The maximum Gasteiger partial charge on any atom is 0.251 e. The van der Waals surface area contributed by atoms with Crippen molar-refractivity contribution in [1.29, 1.82) is 0 Å². The van der Waals surface area contributed by atoms with E-state index in [-0.39, 0.29) is 29.3 Å². The molecular weight excluding hydrogens is 314 g/mol. The first-order valence-corrected chi connectivity index (χ1v) is 8.06. The number of nitrogens with one attached hydrogen (secondary N) is 3. The van der Waals surface area contributed by atoms with Crippen LogP contribution < -0.4 is 15.4 Å². The Morgan fingerprint density at radius 1 is 1.19 bits per heavy atom. The van der Waals surface area contributed by atoms with Crippen LogP contribution in [0.3, 0.4) is 0 Å². The average Bonchev–Trinajstić information content (AvgIpc) is 2.48. The molecule has 0 unspecified atom stereocenters. The molecule has 0 aromatic heterocycles. The second-order valence-electron chi connectivity index (χ2n) is 4.73. The van der Waals surface area contributed by atoms with Crippen LogP contribution in [-0.4, -0.2) is 40.5 Å². The number of hydrogen-bond donors (Lipinski definition) is 3. The third-order valence-corrected chi connectivity index (χ3v) is 4.80. The number of piperidine rings is 1. The first kappa shape index (κ1) is 17.9. The Kier molecular flexibility index (Phi) is 6.60. The van der Waals surface area contributed by atoms with Gasteiger partial charge < -0.3 is 10.6 Å². The van der Waals surface area contributed by atoms with Crippen LogP contribution in [0.25, 0.3) is 0 Å². The van der Waals surface area contributed by atoms with Crippen LogP contribution in [0.1, 0.15) is 23.2 Å². The van der Waals surface area contributed by atoms with E-state index in [0.717, 1.165) is 25.9 Å². The van der Waals surface area contributed by atoms with Gasteiger partial charge in [-0.05, 0) is 57.2 Å². The minimum Gasteiger partial charge on any atom is -0.349 e. The smallest absolute Gasteiger partial charge is 0.251 e. The molecule has 1 saturated heterocycles. The number of sulfonamides is 1. The molecule has 1 aliphatic heterocycles. The first-order chi connectivity index (χ1) is 9.53. The van der Waals surface area contributed by atoms with Crippen molar-refractivity contribution in [2.45, 2.75) is 23.8 Å². The minimum absolute atomic E-state index is 0. The first-order valence-electron chi connectivity index (χ1n) is 6.58. The zero-order valence-corrected chi connectivity index (χ0v) is 13.4. The van der Waals surface area contributed by atoms with Crippen LogP contribution >= 0.6 is 12.4 Å². The lowest BCUT2D eigenvalue weighted by Crippen LogP contribution is -2.42. The predicted octanol–water partition coefficient (Wildman–Crippen LogP) is 0.498. The van der Waals surface area contributed by atoms with E-state index in [4.69, 9.17) is 0 Å². The van der Waals surface area contributed by atoms with Crippen LogP contribution in [0.2, 0.25) is 0 Å². The molecule has 6 nitrogen and oxygen atoms in total. The summed E-state index contributed by atoms with van der Waals surface area (Å²) in [5, 5.41) is 6.20. The molecule has 0 aliphatic carbocycles. The van der Waals surface area contributed by atoms with E-state index in [9.17, 15) is 13.2 Å². The molecular formula is C13H20ClN3O3S. The van der Waals surface area contributed by atoms with Crippen molar-refractivity contribution in [3.05, 3.63) is 29.8 Å². The molecule has 1 aromatic rings. The molecule has 2 rings (SSSR count). The quantitative estimate of drug-likeness (QED) is 0.748. The number of hydrogen-bond acceptors (Lipinski definition) is 4. The summed E-state index contributed by atoms with van der Waals surface area (Å²) in [7, 11) is -2.10. The van der Waals surface area contributed by atoms with Gasteiger partial charge in [-0.15, -0.1) is 12.4 Å². The van der Waals surface area contributed by atoms with Crippen molar-refractivity contribution >= 4 is 28.3 Å². The second kappa shape index (κ2) is 7.74. The van der Waals surface area contributed by atoms with E-state index in [2.05, 4.69) is 15.4 Å². The van der Waals surface area contributed by atoms with E-state index >= 15 is 0 Å². The van der Waals surface area contributed by atoms with Crippen molar-refractivity contribution in [2.24, 2.45) is 0 Å². The molecule has 1 aliphatic rings. The van der Waals surface area contributed by atoms with Crippen LogP contribution in [0.5, 0.6) is 0 Å². The average molecular weight is 334 g/mol. The summed E-state index contributed by atoms with van der Waals surface area (Å²) in [5.74, 6) is -0.162. The van der Waals surface area contributed by atoms with Gasteiger partial charge >= 0.3 is 0 Å². The Hall–Kier alpha value is -1.15. The van der Waals surface area contributed by atoms with Gasteiger partial charge in [-0.2, -0.15) is 0 Å². The van der Waals surface area contributed by atoms with Crippen LogP contribution in [0, 0.1) is 0 Å². The lowest BCUT2D eigenvalue weighted by atomic mass is 10.1. The highest BCUT2D eigenvalue weighted by Gasteiger charge is 2.17. The van der Waals surface area contributed by atoms with Gasteiger partial charge in [-0.25, -0.2) is 13.1 Å². The highest BCUT2D eigenvalue weighted by atomic mass is 35.5. The molecule has 0 radical (unpaired) electrons. The third-order valence-electron chi connectivity index (χ3n) is 3.37. The Bertz CT molecular complexity index is 569. The molecule has 1 amide bonds. The highest BCUT2D eigenvalue weighted by Crippen LogP contribution is 2.11. The normalized spacial score (nSPS) is 16.0. The molecule has 0 atom stereocenters. The van der Waals surface area contributed by atoms with Crippen LogP contribution in [-0.2, 0) is 10.0 Å². The predicted molar refractivity (Wildman–Crippen MR) is 83.3 cm³/mol. The van der Waals surface area contributed by atoms with Crippen LogP contribution in [0.15, 0.2) is 29.2 Å². The number of halogens is 1. The summed E-state index contributed by atoms with van der Waals surface area (Å²) in [6, 6.07) is 6.11. The molecule has 1 heterocycles. The Morgan fingerprint density at radius 3 is 2.29 bits per heavy atom. The SMILES string of the molecule is CNS(=O)(=O)c1ccc(C(=O)NC2CCNCC2)cc1.Cl. The topological polar surface area (TPSA) is 87.3 Å². The largest absolute Gasteiger partial charge is 0.349 e. The van der Waals surface area contributed by atoms with Gasteiger partial charge in [0.2, 0.25) is 10.0 Å². The van der Waals surface area contributed by atoms with Crippen molar-refractivity contribution in [2.75, 3.05) is 20.1 Å². The lowest BCUT2D eigenvalue weighted by Gasteiger charge is -2.23. The second-order valence-corrected chi connectivity index (χ2v) is 6.62. The minimum atomic E-state index is -3.46. The Morgan fingerprint density at radius 2 is 1.76 bits per heavy atom. The summed E-state index contributed by atoms with van der Waals surface area (Å²) in [4.78, 5) is 12.2. The van der Waals surface area contributed by atoms with E-state index in [0.29, 0.717) is 5.56 Å². The van der Waals surface area contributed by atoms with Gasteiger partial charge in [0.05, 0.1) is 4.90 Å². The molecule has 8 heteroatoms. The van der Waals surface area contributed by atoms with Crippen molar-refractivity contribution in [3.8, 4) is 0 Å². The van der Waals surface area contributed by atoms with Gasteiger partial charge in [-0.1, -0.05) is 0 Å². The van der Waals surface area contributed by atoms with Gasteiger partial charge in [0.15, 0.2) is 0 Å². The van der Waals surface area contributed by atoms with E-state index < -0.39 is 10.0 Å². The van der Waals surface area contributed by atoms with Crippen molar-refractivity contribution in [1.82, 2.24) is 15.4 Å². The standard InChI is InChI=1S/C13H19N3O3S.ClH/c1-14-20(18,19)12-4-2-10(3-5-12)13(17)16-11-6-8-15-9-7-11;/h2-5,11,14-15H,6-9H2,1H3,(H,16,17);1H. The third kappa shape index (κ3) is 4.67. The maximum absolute atomic E-state index is 12.0. The molecule has 0 spiro atoms. The van der Waals surface area contributed by atoms with Crippen LogP contribution in [0.4, 0.5) is 0 Å². The van der Waals surface area contributed by atoms with E-state index in [1.54, 1.807) is 0 Å². The highest BCUT2D eigenvalue weighted by molar-refractivity contribution is 7.89. The monoisotopic (exact) mass is 333 g/mol. The fourth-order valence-electron chi connectivity index (χ4n) is 2.14. The Balaban J connectivity index is 0.00000220. The van der Waals surface area contributed by atoms with Crippen molar-refractivity contribution < 1.29 is 13.2 Å². The number of benzene rings is 1. The molecule has 21 heavy (non-hydrogen) atoms. The fraction of sp³-hybridized carbons (Fsp3) is 0.462. The summed E-state index contributed by atoms with van der Waals surface area (Å²) >= 11 is 0. The summed E-state index contributed by atoms with van der Waals surface area (Å²) < 4.78 is 25.4. The van der Waals surface area contributed by atoms with E-state index in [1.165, 1.54) is 31.3 Å². The van der Waals surface area contributed by atoms with Gasteiger partial charge in [0, 0.05) is 11.6 Å². The molecule has 0 bridgehead atoms. The molecule has 118 valence electrons. The van der Waals surface area contributed by atoms with E-state index in [1.807, 2.05) is 0 Å². The number of rotatable bonds is 4.